The van der Waals surface area contributed by atoms with E-state index in [0.29, 0.717) is 17.9 Å². The monoisotopic (exact) mass is 263 g/mol. The maximum Gasteiger partial charge on any atom is 0.251 e. The van der Waals surface area contributed by atoms with Gasteiger partial charge in [-0.2, -0.15) is 0 Å². The highest BCUT2D eigenvalue weighted by Crippen LogP contribution is 2.10. The van der Waals surface area contributed by atoms with E-state index in [-0.39, 0.29) is 5.91 Å². The number of hydrazine groups is 1. The molecule has 2 rings (SSSR count). The summed E-state index contributed by atoms with van der Waals surface area (Å²) >= 11 is 1.50. The van der Waals surface area contributed by atoms with Crippen molar-refractivity contribution < 1.29 is 4.79 Å². The lowest BCUT2D eigenvalue weighted by atomic mass is 10.2. The first-order chi connectivity index (χ1) is 8.69. The Morgan fingerprint density at radius 2 is 2.33 bits per heavy atom. The van der Waals surface area contributed by atoms with Crippen molar-refractivity contribution in [3.05, 3.63) is 40.0 Å². The molecule has 2 aromatic rings. The summed E-state index contributed by atoms with van der Waals surface area (Å²) in [5.74, 6) is 5.58. The second-order valence-corrected chi connectivity index (χ2v) is 4.61. The Labute approximate surface area is 108 Å². The van der Waals surface area contributed by atoms with E-state index >= 15 is 0 Å². The van der Waals surface area contributed by atoms with Crippen molar-refractivity contribution in [1.29, 1.82) is 0 Å². The highest BCUT2D eigenvalue weighted by molar-refractivity contribution is 7.09. The number of pyridine rings is 1. The van der Waals surface area contributed by atoms with Gasteiger partial charge in [-0.3, -0.25) is 4.79 Å². The number of aryl methyl sites for hydroxylation is 1. The van der Waals surface area contributed by atoms with Crippen molar-refractivity contribution >= 4 is 23.1 Å². The Bertz CT molecular complexity index is 540. The number of aromatic nitrogens is 2. The number of carbonyl (C=O) groups excluding carboxylic acids is 1. The van der Waals surface area contributed by atoms with E-state index in [4.69, 9.17) is 5.84 Å². The number of thiazole rings is 1. The van der Waals surface area contributed by atoms with Crippen molar-refractivity contribution in [1.82, 2.24) is 15.3 Å². The van der Waals surface area contributed by atoms with Crippen LogP contribution in [0.4, 0.5) is 5.82 Å². The van der Waals surface area contributed by atoms with E-state index in [1.807, 2.05) is 5.38 Å². The third-order valence-electron chi connectivity index (χ3n) is 2.25. The molecule has 0 saturated heterocycles. The molecule has 0 unspecified atom stereocenters. The average Bonchev–Trinajstić information content (AvgIpc) is 2.88. The second kappa shape index (κ2) is 5.56. The number of hydrogen-bond acceptors (Lipinski definition) is 6. The van der Waals surface area contributed by atoms with Gasteiger partial charge in [-0.25, -0.2) is 15.8 Å². The van der Waals surface area contributed by atoms with Gasteiger partial charge in [0.2, 0.25) is 0 Å². The summed E-state index contributed by atoms with van der Waals surface area (Å²) in [5, 5.41) is 5.53. The quantitative estimate of drug-likeness (QED) is 0.566. The van der Waals surface area contributed by atoms with Gasteiger partial charge in [-0.05, 0) is 19.1 Å². The average molecular weight is 263 g/mol. The van der Waals surface area contributed by atoms with Gasteiger partial charge in [0.25, 0.3) is 5.91 Å². The molecule has 1 amide bonds. The molecule has 0 atom stereocenters. The summed E-state index contributed by atoms with van der Waals surface area (Å²) in [6, 6.07) is 3.31. The predicted molar refractivity (Wildman–Crippen MR) is 70.1 cm³/mol. The van der Waals surface area contributed by atoms with Crippen molar-refractivity contribution in [2.45, 2.75) is 13.5 Å². The van der Waals surface area contributed by atoms with Crippen LogP contribution in [0, 0.1) is 6.92 Å². The normalized spacial score (nSPS) is 10.1. The fourth-order valence-electron chi connectivity index (χ4n) is 1.47. The Hall–Kier alpha value is -1.99. The molecule has 0 saturated carbocycles. The molecule has 2 heterocycles. The molecule has 18 heavy (non-hydrogen) atoms. The topological polar surface area (TPSA) is 92.9 Å². The van der Waals surface area contributed by atoms with Crippen molar-refractivity contribution in [3.8, 4) is 0 Å². The van der Waals surface area contributed by atoms with Crippen LogP contribution in [0.15, 0.2) is 23.7 Å². The van der Waals surface area contributed by atoms with E-state index < -0.39 is 0 Å². The minimum Gasteiger partial charge on any atom is -0.346 e. The molecule has 94 valence electrons. The lowest BCUT2D eigenvalue weighted by molar-refractivity contribution is 0.0950. The zero-order chi connectivity index (χ0) is 13.0. The van der Waals surface area contributed by atoms with Crippen LogP contribution < -0.4 is 16.6 Å². The van der Waals surface area contributed by atoms with Gasteiger partial charge in [-0.15, -0.1) is 11.3 Å². The van der Waals surface area contributed by atoms with E-state index in [1.165, 1.54) is 11.3 Å². The van der Waals surface area contributed by atoms with Crippen LogP contribution in [0.3, 0.4) is 0 Å². The van der Waals surface area contributed by atoms with Crippen LogP contribution in [0.2, 0.25) is 0 Å². The fraction of sp³-hybridized carbons (Fsp3) is 0.182. The summed E-state index contributed by atoms with van der Waals surface area (Å²) in [7, 11) is 0. The van der Waals surface area contributed by atoms with Gasteiger partial charge >= 0.3 is 0 Å². The molecule has 0 spiro atoms. The SMILES string of the molecule is Cc1cc(C(=O)NCc2nccs2)cc(NN)n1. The van der Waals surface area contributed by atoms with Crippen LogP contribution >= 0.6 is 11.3 Å². The molecular formula is C11H13N5OS. The molecule has 0 aliphatic heterocycles. The van der Waals surface area contributed by atoms with Crippen molar-refractivity contribution in [2.24, 2.45) is 5.84 Å². The van der Waals surface area contributed by atoms with Gasteiger partial charge in [-0.1, -0.05) is 0 Å². The first kappa shape index (κ1) is 12.5. The number of nitrogen functional groups attached to an aromatic ring is 1. The van der Waals surface area contributed by atoms with E-state index in [2.05, 4.69) is 20.7 Å². The molecule has 4 N–H and O–H groups in total. The number of hydrogen-bond donors (Lipinski definition) is 3. The van der Waals surface area contributed by atoms with Gasteiger partial charge in [0.1, 0.15) is 10.8 Å². The lowest BCUT2D eigenvalue weighted by Crippen LogP contribution is -2.23. The van der Waals surface area contributed by atoms with Crippen molar-refractivity contribution in [3.63, 3.8) is 0 Å². The van der Waals surface area contributed by atoms with Gasteiger partial charge in [0, 0.05) is 22.8 Å². The van der Waals surface area contributed by atoms with Gasteiger partial charge in [0.05, 0.1) is 6.54 Å². The number of nitrogens with two attached hydrogens (primary N) is 1. The molecular weight excluding hydrogens is 250 g/mol. The number of nitrogens with one attached hydrogen (secondary N) is 2. The number of nitrogens with zero attached hydrogens (tertiary/aromatic N) is 2. The molecule has 6 nitrogen and oxygen atoms in total. The molecule has 0 aliphatic carbocycles. The third-order valence-corrected chi connectivity index (χ3v) is 3.03. The van der Waals surface area contributed by atoms with Crippen molar-refractivity contribution in [2.75, 3.05) is 5.43 Å². The summed E-state index contributed by atoms with van der Waals surface area (Å²) < 4.78 is 0. The van der Waals surface area contributed by atoms with Crippen LogP contribution in [0.25, 0.3) is 0 Å². The van der Waals surface area contributed by atoms with E-state index in [0.717, 1.165) is 10.7 Å². The molecule has 0 aromatic carbocycles. The van der Waals surface area contributed by atoms with Crippen LogP contribution in [0.1, 0.15) is 21.1 Å². The highest BCUT2D eigenvalue weighted by atomic mass is 32.1. The predicted octanol–water partition coefficient (Wildman–Crippen LogP) is 1.06. The molecule has 0 radical (unpaired) electrons. The molecule has 2 aromatic heterocycles. The molecule has 7 heteroatoms. The molecule has 0 fully saturated rings. The zero-order valence-corrected chi connectivity index (χ0v) is 10.6. The number of rotatable bonds is 4. The summed E-state index contributed by atoms with van der Waals surface area (Å²) in [6.45, 7) is 2.22. The van der Waals surface area contributed by atoms with E-state index in [1.54, 1.807) is 25.3 Å². The van der Waals surface area contributed by atoms with Gasteiger partial charge < -0.3 is 10.7 Å². The van der Waals surface area contributed by atoms with Gasteiger partial charge in [0.15, 0.2) is 0 Å². The third kappa shape index (κ3) is 3.02. The van der Waals surface area contributed by atoms with Crippen LogP contribution in [0.5, 0.6) is 0 Å². The minimum atomic E-state index is -0.174. The Morgan fingerprint density at radius 1 is 1.50 bits per heavy atom. The smallest absolute Gasteiger partial charge is 0.251 e. The number of amides is 1. The Kier molecular flexibility index (Phi) is 3.85. The fourth-order valence-corrected chi connectivity index (χ4v) is 2.03. The zero-order valence-electron chi connectivity index (χ0n) is 9.80. The summed E-state index contributed by atoms with van der Waals surface area (Å²) in [5.41, 5.74) is 3.68. The van der Waals surface area contributed by atoms with E-state index in [9.17, 15) is 4.79 Å². The maximum absolute atomic E-state index is 11.9. The number of carbonyl (C=O) groups is 1. The minimum absolute atomic E-state index is 0.174. The number of anilines is 1. The van der Waals surface area contributed by atoms with Crippen LogP contribution in [-0.2, 0) is 6.54 Å². The largest absolute Gasteiger partial charge is 0.346 e. The summed E-state index contributed by atoms with van der Waals surface area (Å²) in [4.78, 5) is 20.1. The lowest BCUT2D eigenvalue weighted by Gasteiger charge is -2.06. The first-order valence-corrected chi connectivity index (χ1v) is 6.19. The Balaban J connectivity index is 2.06. The molecule has 0 bridgehead atoms. The first-order valence-electron chi connectivity index (χ1n) is 5.31. The highest BCUT2D eigenvalue weighted by Gasteiger charge is 2.08. The second-order valence-electron chi connectivity index (χ2n) is 3.64. The molecule has 0 aliphatic rings. The summed E-state index contributed by atoms with van der Waals surface area (Å²) in [6.07, 6.45) is 1.71. The maximum atomic E-state index is 11.9. The van der Waals surface area contributed by atoms with Crippen LogP contribution in [-0.4, -0.2) is 15.9 Å². The Morgan fingerprint density at radius 3 is 3.00 bits per heavy atom. The standard InChI is InChI=1S/C11H13N5OS/c1-7-4-8(5-9(15-7)16-12)11(17)14-6-10-13-2-3-18-10/h2-5H,6,12H2,1H3,(H,14,17)(H,15,16).